The zero-order chi connectivity index (χ0) is 25.1. The molecule has 2 heterocycles. The molecule has 6 nitrogen and oxygen atoms in total. The van der Waals surface area contributed by atoms with E-state index in [4.69, 9.17) is 4.98 Å². The predicted octanol–water partition coefficient (Wildman–Crippen LogP) is 4.91. The molecule has 0 saturated heterocycles. The van der Waals surface area contributed by atoms with Gasteiger partial charge in [-0.05, 0) is 62.4 Å². The topological polar surface area (TPSA) is 62.2 Å². The number of amides is 1. The highest BCUT2D eigenvalue weighted by Gasteiger charge is 2.30. The molecule has 2 N–H and O–H groups in total. The van der Waals surface area contributed by atoms with Crippen molar-refractivity contribution < 1.29 is 9.18 Å². The normalized spacial score (nSPS) is 13.8. The Hall–Kier alpha value is -3.97. The number of rotatable bonds is 7. The SMILES string of the molecule is CN[C@@H](Cc1ccccc1)C(=O)N1CCn2c(nc(-c3ccc(F)cc3)c2Nc2ccc(C)cc2)C1. The fourth-order valence-corrected chi connectivity index (χ4v) is 4.61. The maximum Gasteiger partial charge on any atom is 0.240 e. The summed E-state index contributed by atoms with van der Waals surface area (Å²) in [5.41, 5.74) is 4.81. The first kappa shape index (κ1) is 23.8. The second-order valence-electron chi connectivity index (χ2n) is 9.17. The van der Waals surface area contributed by atoms with Crippen LogP contribution in [0.1, 0.15) is 17.0 Å². The van der Waals surface area contributed by atoms with Crippen LogP contribution in [0.25, 0.3) is 11.3 Å². The Morgan fingerprint density at radius 3 is 2.42 bits per heavy atom. The number of carbonyl (C=O) groups excluding carboxylic acids is 1. The minimum Gasteiger partial charge on any atom is -0.340 e. The monoisotopic (exact) mass is 483 g/mol. The van der Waals surface area contributed by atoms with E-state index in [-0.39, 0.29) is 17.8 Å². The third kappa shape index (κ3) is 5.02. The van der Waals surface area contributed by atoms with E-state index in [1.54, 1.807) is 12.1 Å². The second-order valence-corrected chi connectivity index (χ2v) is 9.17. The number of hydrogen-bond acceptors (Lipinski definition) is 4. The van der Waals surface area contributed by atoms with Crippen molar-refractivity contribution in [3.05, 3.63) is 102 Å². The summed E-state index contributed by atoms with van der Waals surface area (Å²) in [7, 11) is 1.83. The van der Waals surface area contributed by atoms with Crippen LogP contribution < -0.4 is 10.6 Å². The Morgan fingerprint density at radius 2 is 1.72 bits per heavy atom. The van der Waals surface area contributed by atoms with Crippen molar-refractivity contribution in [3.8, 4) is 11.3 Å². The third-order valence-electron chi connectivity index (χ3n) is 6.65. The highest BCUT2D eigenvalue weighted by Crippen LogP contribution is 2.33. The molecule has 0 radical (unpaired) electrons. The van der Waals surface area contributed by atoms with Crippen LogP contribution >= 0.6 is 0 Å². The number of nitrogens with one attached hydrogen (secondary N) is 2. The molecule has 1 aromatic heterocycles. The zero-order valence-electron chi connectivity index (χ0n) is 20.5. The Balaban J connectivity index is 1.43. The number of anilines is 2. The lowest BCUT2D eigenvalue weighted by Gasteiger charge is -2.31. The molecule has 0 saturated carbocycles. The summed E-state index contributed by atoms with van der Waals surface area (Å²) < 4.78 is 15.8. The van der Waals surface area contributed by atoms with Crippen LogP contribution in [0.15, 0.2) is 78.9 Å². The lowest BCUT2D eigenvalue weighted by atomic mass is 10.0. The van der Waals surface area contributed by atoms with Crippen LogP contribution in [-0.2, 0) is 24.3 Å². The van der Waals surface area contributed by atoms with Crippen LogP contribution in [0.2, 0.25) is 0 Å². The summed E-state index contributed by atoms with van der Waals surface area (Å²) in [6, 6.07) is 24.3. The molecule has 1 aliphatic heterocycles. The van der Waals surface area contributed by atoms with E-state index < -0.39 is 0 Å². The molecule has 5 rings (SSSR count). The van der Waals surface area contributed by atoms with Gasteiger partial charge in [0.15, 0.2) is 0 Å². The number of imidazole rings is 1. The number of hydrogen-bond donors (Lipinski definition) is 2. The molecule has 0 unspecified atom stereocenters. The second kappa shape index (κ2) is 10.3. The van der Waals surface area contributed by atoms with E-state index in [0.717, 1.165) is 34.2 Å². The van der Waals surface area contributed by atoms with E-state index in [0.29, 0.717) is 26.1 Å². The third-order valence-corrected chi connectivity index (χ3v) is 6.65. The van der Waals surface area contributed by atoms with Gasteiger partial charge in [-0.15, -0.1) is 0 Å². The molecule has 0 spiro atoms. The molecular formula is C29H30FN5O. The minimum atomic E-state index is -0.310. The van der Waals surface area contributed by atoms with Gasteiger partial charge in [0.05, 0.1) is 12.6 Å². The average molecular weight is 484 g/mol. The van der Waals surface area contributed by atoms with E-state index in [9.17, 15) is 9.18 Å². The van der Waals surface area contributed by atoms with Crippen molar-refractivity contribution in [1.29, 1.82) is 0 Å². The first-order valence-corrected chi connectivity index (χ1v) is 12.2. The number of nitrogens with zero attached hydrogens (tertiary/aromatic N) is 3. The van der Waals surface area contributed by atoms with E-state index in [2.05, 4.69) is 34.3 Å². The predicted molar refractivity (Wildman–Crippen MR) is 140 cm³/mol. The molecule has 1 amide bonds. The highest BCUT2D eigenvalue weighted by molar-refractivity contribution is 5.83. The number of fused-ring (bicyclic) bond motifs is 1. The lowest BCUT2D eigenvalue weighted by molar-refractivity contribution is -0.134. The van der Waals surface area contributed by atoms with Gasteiger partial charge in [0.2, 0.25) is 5.91 Å². The van der Waals surface area contributed by atoms with Gasteiger partial charge >= 0.3 is 0 Å². The summed E-state index contributed by atoms with van der Waals surface area (Å²) in [5.74, 6) is 1.43. The first-order valence-electron chi connectivity index (χ1n) is 12.2. The summed E-state index contributed by atoms with van der Waals surface area (Å²) >= 11 is 0. The van der Waals surface area contributed by atoms with Crippen LogP contribution in [0.5, 0.6) is 0 Å². The number of aryl methyl sites for hydroxylation is 1. The fourth-order valence-electron chi connectivity index (χ4n) is 4.61. The van der Waals surface area contributed by atoms with Crippen LogP contribution in [0.3, 0.4) is 0 Å². The van der Waals surface area contributed by atoms with Crippen molar-refractivity contribution in [2.75, 3.05) is 18.9 Å². The van der Waals surface area contributed by atoms with Crippen molar-refractivity contribution in [2.24, 2.45) is 0 Å². The Bertz CT molecular complexity index is 1330. The number of halogens is 1. The molecule has 0 aliphatic carbocycles. The van der Waals surface area contributed by atoms with Gasteiger partial charge in [0.1, 0.15) is 23.2 Å². The molecule has 3 aromatic carbocycles. The molecule has 1 atom stereocenters. The van der Waals surface area contributed by atoms with E-state index >= 15 is 0 Å². The Kier molecular flexibility index (Phi) is 6.82. The average Bonchev–Trinajstić information content (AvgIpc) is 3.26. The summed E-state index contributed by atoms with van der Waals surface area (Å²) in [4.78, 5) is 20.2. The fraction of sp³-hybridized carbons (Fsp3) is 0.241. The number of carbonyl (C=O) groups is 1. The Morgan fingerprint density at radius 1 is 1.00 bits per heavy atom. The van der Waals surface area contributed by atoms with Crippen LogP contribution in [0.4, 0.5) is 15.9 Å². The largest absolute Gasteiger partial charge is 0.340 e. The van der Waals surface area contributed by atoms with Gasteiger partial charge in [-0.2, -0.15) is 0 Å². The van der Waals surface area contributed by atoms with Crippen molar-refractivity contribution in [3.63, 3.8) is 0 Å². The number of benzene rings is 3. The van der Waals surface area contributed by atoms with Crippen molar-refractivity contribution in [1.82, 2.24) is 19.8 Å². The molecule has 4 aromatic rings. The van der Waals surface area contributed by atoms with Gasteiger partial charge in [0.25, 0.3) is 0 Å². The molecule has 7 heteroatoms. The van der Waals surface area contributed by atoms with Crippen LogP contribution in [0, 0.1) is 12.7 Å². The standard InChI is InChI=1S/C29H30FN5O/c1-20-8-14-24(15-9-20)32-28-27(22-10-12-23(30)13-11-22)33-26-19-34(16-17-35(26)28)29(36)25(31-2)18-21-6-4-3-5-7-21/h3-15,25,31-32H,16-19H2,1-2H3/t25-/m0/s1. The Labute approximate surface area is 210 Å². The summed E-state index contributed by atoms with van der Waals surface area (Å²) in [5, 5.41) is 6.71. The smallest absolute Gasteiger partial charge is 0.240 e. The van der Waals surface area contributed by atoms with Gasteiger partial charge < -0.3 is 20.1 Å². The summed E-state index contributed by atoms with van der Waals surface area (Å²) in [6.07, 6.45) is 0.627. The first-order chi connectivity index (χ1) is 17.5. The molecule has 36 heavy (non-hydrogen) atoms. The molecule has 0 bridgehead atoms. The van der Waals surface area contributed by atoms with Gasteiger partial charge in [-0.25, -0.2) is 9.37 Å². The van der Waals surface area contributed by atoms with Gasteiger partial charge in [-0.3, -0.25) is 4.79 Å². The molecule has 184 valence electrons. The van der Waals surface area contributed by atoms with E-state index in [1.807, 2.05) is 54.4 Å². The maximum absolute atomic E-state index is 13.6. The summed E-state index contributed by atoms with van der Waals surface area (Å²) in [6.45, 7) is 3.66. The molecular weight excluding hydrogens is 453 g/mol. The van der Waals surface area contributed by atoms with Gasteiger partial charge in [0, 0.05) is 24.3 Å². The van der Waals surface area contributed by atoms with Crippen molar-refractivity contribution >= 4 is 17.4 Å². The van der Waals surface area contributed by atoms with Crippen LogP contribution in [-0.4, -0.2) is 40.0 Å². The quantitative estimate of drug-likeness (QED) is 0.392. The van der Waals surface area contributed by atoms with Gasteiger partial charge in [-0.1, -0.05) is 48.0 Å². The zero-order valence-corrected chi connectivity index (χ0v) is 20.5. The minimum absolute atomic E-state index is 0.0620. The number of aromatic nitrogens is 2. The highest BCUT2D eigenvalue weighted by atomic mass is 19.1. The van der Waals surface area contributed by atoms with E-state index in [1.165, 1.54) is 17.7 Å². The molecule has 1 aliphatic rings. The number of likely N-dealkylation sites (N-methyl/N-ethyl adjacent to an activating group) is 1. The molecule has 0 fully saturated rings. The maximum atomic E-state index is 13.6. The lowest BCUT2D eigenvalue weighted by Crippen LogP contribution is -2.49. The van der Waals surface area contributed by atoms with Crippen molar-refractivity contribution in [2.45, 2.75) is 32.5 Å².